The van der Waals surface area contributed by atoms with Gasteiger partial charge in [-0.25, -0.2) is 14.8 Å². The van der Waals surface area contributed by atoms with Gasteiger partial charge in [0.05, 0.1) is 17.9 Å². The van der Waals surface area contributed by atoms with Gasteiger partial charge in [0, 0.05) is 7.05 Å². The minimum Gasteiger partial charge on any atom is -0.448 e. The van der Waals surface area contributed by atoms with E-state index in [1.807, 2.05) is 0 Å². The number of alkyl carbamates (subject to hydrolysis) is 1. The molecule has 2 heterocycles. The Morgan fingerprint density at radius 3 is 3.06 bits per heavy atom. The Morgan fingerprint density at radius 2 is 2.33 bits per heavy atom. The standard InChI is InChI=1S/C10H10Cl2N4O2/c1-13-10(17)18-3-2-16-5-14-8-6(11)4-7(12)15-9(8)16/h4-5H,2-3H2,1H3,(H,13,17). The number of hydrogen-bond donors (Lipinski definition) is 1. The first kappa shape index (κ1) is 12.9. The number of amides is 1. The summed E-state index contributed by atoms with van der Waals surface area (Å²) in [5.41, 5.74) is 1.13. The lowest BCUT2D eigenvalue weighted by atomic mass is 10.4. The third kappa shape index (κ3) is 2.65. The van der Waals surface area contributed by atoms with E-state index in [0.29, 0.717) is 27.9 Å². The molecule has 0 radical (unpaired) electrons. The van der Waals surface area contributed by atoms with Gasteiger partial charge in [-0.2, -0.15) is 0 Å². The maximum Gasteiger partial charge on any atom is 0.406 e. The van der Waals surface area contributed by atoms with Crippen LogP contribution < -0.4 is 5.32 Å². The first-order valence-electron chi connectivity index (χ1n) is 5.13. The minimum atomic E-state index is -0.483. The summed E-state index contributed by atoms with van der Waals surface area (Å²) in [6.45, 7) is 0.630. The molecule has 0 aliphatic rings. The van der Waals surface area contributed by atoms with Crippen LogP contribution in [-0.2, 0) is 11.3 Å². The average molecular weight is 289 g/mol. The highest BCUT2D eigenvalue weighted by Gasteiger charge is 2.09. The van der Waals surface area contributed by atoms with Crippen LogP contribution in [0.3, 0.4) is 0 Å². The van der Waals surface area contributed by atoms with Crippen LogP contribution in [0, 0.1) is 0 Å². The van der Waals surface area contributed by atoms with E-state index in [9.17, 15) is 4.79 Å². The third-order valence-corrected chi connectivity index (χ3v) is 2.75. The molecule has 0 saturated carbocycles. The van der Waals surface area contributed by atoms with Crippen molar-refractivity contribution in [3.05, 3.63) is 22.6 Å². The number of nitrogens with one attached hydrogen (secondary N) is 1. The molecular weight excluding hydrogens is 279 g/mol. The van der Waals surface area contributed by atoms with Crippen molar-refractivity contribution in [3.63, 3.8) is 0 Å². The Kier molecular flexibility index (Phi) is 3.88. The molecule has 0 aliphatic carbocycles. The molecule has 0 fully saturated rings. The highest BCUT2D eigenvalue weighted by atomic mass is 35.5. The smallest absolute Gasteiger partial charge is 0.406 e. The molecule has 1 N–H and O–H groups in total. The number of rotatable bonds is 3. The van der Waals surface area contributed by atoms with Gasteiger partial charge in [0.15, 0.2) is 5.65 Å². The second-order valence-electron chi connectivity index (χ2n) is 3.42. The molecule has 2 aromatic rings. The summed E-state index contributed by atoms with van der Waals surface area (Å²) in [4.78, 5) is 19.2. The molecule has 8 heteroatoms. The van der Waals surface area contributed by atoms with Gasteiger partial charge in [-0.05, 0) is 6.07 Å². The van der Waals surface area contributed by atoms with Gasteiger partial charge in [-0.1, -0.05) is 23.2 Å². The molecule has 2 rings (SSSR count). The van der Waals surface area contributed by atoms with Gasteiger partial charge in [-0.3, -0.25) is 0 Å². The number of fused-ring (bicyclic) bond motifs is 1. The lowest BCUT2D eigenvalue weighted by Gasteiger charge is -2.05. The first-order chi connectivity index (χ1) is 8.61. The van der Waals surface area contributed by atoms with Crippen LogP contribution in [0.5, 0.6) is 0 Å². The van der Waals surface area contributed by atoms with Crippen LogP contribution in [0.2, 0.25) is 10.2 Å². The van der Waals surface area contributed by atoms with Crippen molar-refractivity contribution in [2.75, 3.05) is 13.7 Å². The molecule has 0 unspecified atom stereocenters. The summed E-state index contributed by atoms with van der Waals surface area (Å²) in [5.74, 6) is 0. The number of halogens is 2. The van der Waals surface area contributed by atoms with Crippen molar-refractivity contribution >= 4 is 40.5 Å². The van der Waals surface area contributed by atoms with E-state index in [4.69, 9.17) is 27.9 Å². The number of aromatic nitrogens is 3. The number of imidazole rings is 1. The summed E-state index contributed by atoms with van der Waals surface area (Å²) < 4.78 is 6.60. The SMILES string of the molecule is CNC(=O)OCCn1cnc2c(Cl)cc(Cl)nc21. The third-order valence-electron chi connectivity index (χ3n) is 2.26. The number of hydrogen-bond acceptors (Lipinski definition) is 4. The van der Waals surface area contributed by atoms with Crippen LogP contribution in [0.15, 0.2) is 12.4 Å². The minimum absolute atomic E-state index is 0.205. The molecule has 0 atom stereocenters. The average Bonchev–Trinajstić information content (AvgIpc) is 2.72. The predicted octanol–water partition coefficient (Wildman–Crippen LogP) is 2.09. The van der Waals surface area contributed by atoms with Crippen LogP contribution >= 0.6 is 23.2 Å². The first-order valence-corrected chi connectivity index (χ1v) is 5.89. The quantitative estimate of drug-likeness (QED) is 0.878. The van der Waals surface area contributed by atoms with Crippen molar-refractivity contribution in [1.82, 2.24) is 19.9 Å². The molecule has 1 amide bonds. The van der Waals surface area contributed by atoms with Crippen LogP contribution in [0.1, 0.15) is 0 Å². The van der Waals surface area contributed by atoms with Gasteiger partial charge in [0.1, 0.15) is 17.3 Å². The maximum atomic E-state index is 10.9. The lowest BCUT2D eigenvalue weighted by molar-refractivity contribution is 0.144. The van der Waals surface area contributed by atoms with E-state index in [0.717, 1.165) is 0 Å². The van der Waals surface area contributed by atoms with Crippen LogP contribution in [0.4, 0.5) is 4.79 Å². The Bertz CT molecular complexity index is 585. The zero-order valence-corrected chi connectivity index (χ0v) is 11.0. The van der Waals surface area contributed by atoms with Gasteiger partial charge in [-0.15, -0.1) is 0 Å². The summed E-state index contributed by atoms with van der Waals surface area (Å²) in [6, 6.07) is 1.53. The van der Waals surface area contributed by atoms with Crippen LogP contribution in [0.25, 0.3) is 11.2 Å². The second kappa shape index (κ2) is 5.41. The van der Waals surface area contributed by atoms with E-state index in [-0.39, 0.29) is 6.61 Å². The van der Waals surface area contributed by atoms with Gasteiger partial charge in [0.25, 0.3) is 0 Å². The largest absolute Gasteiger partial charge is 0.448 e. The fourth-order valence-corrected chi connectivity index (χ4v) is 1.92. The summed E-state index contributed by atoms with van der Waals surface area (Å²) in [5, 5.41) is 3.09. The van der Waals surface area contributed by atoms with Crippen LogP contribution in [-0.4, -0.2) is 34.3 Å². The Balaban J connectivity index is 2.16. The molecule has 6 nitrogen and oxygen atoms in total. The Hall–Kier alpha value is -1.53. The Labute approximate surface area is 113 Å². The highest BCUT2D eigenvalue weighted by molar-refractivity contribution is 6.37. The van der Waals surface area contributed by atoms with E-state index >= 15 is 0 Å². The number of nitrogens with zero attached hydrogens (tertiary/aromatic N) is 3. The van der Waals surface area contributed by atoms with Crippen molar-refractivity contribution in [1.29, 1.82) is 0 Å². The van der Waals surface area contributed by atoms with Gasteiger partial charge in [0.2, 0.25) is 0 Å². The predicted molar refractivity (Wildman–Crippen MR) is 68.0 cm³/mol. The van der Waals surface area contributed by atoms with Gasteiger partial charge < -0.3 is 14.6 Å². The molecule has 96 valence electrons. The molecule has 18 heavy (non-hydrogen) atoms. The fraction of sp³-hybridized carbons (Fsp3) is 0.300. The number of carbonyl (C=O) groups excluding carboxylic acids is 1. The fourth-order valence-electron chi connectivity index (χ4n) is 1.44. The van der Waals surface area contributed by atoms with Crippen molar-refractivity contribution < 1.29 is 9.53 Å². The number of carbonyl (C=O) groups is 1. The van der Waals surface area contributed by atoms with Gasteiger partial charge >= 0.3 is 6.09 Å². The lowest BCUT2D eigenvalue weighted by Crippen LogP contribution is -2.21. The maximum absolute atomic E-state index is 10.9. The Morgan fingerprint density at radius 1 is 1.56 bits per heavy atom. The van der Waals surface area contributed by atoms with Crippen molar-refractivity contribution in [3.8, 4) is 0 Å². The summed E-state index contributed by atoms with van der Waals surface area (Å²) in [6.07, 6.45) is 1.09. The van der Waals surface area contributed by atoms with E-state index in [1.54, 1.807) is 10.9 Å². The summed E-state index contributed by atoms with van der Waals surface area (Å²) in [7, 11) is 1.50. The molecule has 0 saturated heterocycles. The highest BCUT2D eigenvalue weighted by Crippen LogP contribution is 2.23. The van der Waals surface area contributed by atoms with Crippen molar-refractivity contribution in [2.45, 2.75) is 6.54 Å². The molecule has 0 aliphatic heterocycles. The van der Waals surface area contributed by atoms with E-state index in [2.05, 4.69) is 15.3 Å². The van der Waals surface area contributed by atoms with E-state index < -0.39 is 6.09 Å². The zero-order valence-electron chi connectivity index (χ0n) is 9.48. The topological polar surface area (TPSA) is 69.0 Å². The van der Waals surface area contributed by atoms with Crippen molar-refractivity contribution in [2.24, 2.45) is 0 Å². The molecule has 0 bridgehead atoms. The monoisotopic (exact) mass is 288 g/mol. The zero-order chi connectivity index (χ0) is 13.1. The second-order valence-corrected chi connectivity index (χ2v) is 4.22. The summed E-state index contributed by atoms with van der Waals surface area (Å²) >= 11 is 11.8. The van der Waals surface area contributed by atoms with E-state index in [1.165, 1.54) is 13.1 Å². The molecule has 2 aromatic heterocycles. The molecule has 0 spiro atoms. The molecule has 0 aromatic carbocycles. The molecular formula is C10H10Cl2N4O2. The number of ether oxygens (including phenoxy) is 1. The normalized spacial score (nSPS) is 10.6. The number of pyridine rings is 1.